The molecule has 2 rings (SSSR count). The molecule has 120 valence electrons. The highest BCUT2D eigenvalue weighted by Gasteiger charge is 2.21. The summed E-state index contributed by atoms with van der Waals surface area (Å²) in [5, 5.41) is 8.72. The lowest BCUT2D eigenvalue weighted by Gasteiger charge is -2.15. The summed E-state index contributed by atoms with van der Waals surface area (Å²) in [4.78, 5) is 23.5. The smallest absolute Gasteiger partial charge is 0.315 e. The second kappa shape index (κ2) is 8.48. The fraction of sp³-hybridized carbons (Fsp3) is 0.467. The van der Waals surface area contributed by atoms with Crippen LogP contribution in [-0.2, 0) is 4.79 Å². The van der Waals surface area contributed by atoms with Gasteiger partial charge < -0.3 is 20.7 Å². The van der Waals surface area contributed by atoms with Crippen molar-refractivity contribution in [3.63, 3.8) is 0 Å². The quantitative estimate of drug-likeness (QED) is 0.721. The van der Waals surface area contributed by atoms with Crippen molar-refractivity contribution in [2.75, 3.05) is 19.7 Å². The lowest BCUT2D eigenvalue weighted by molar-refractivity contribution is -0.122. The molecule has 1 aromatic rings. The Kier molecular flexibility index (Phi) is 6.33. The van der Waals surface area contributed by atoms with Crippen molar-refractivity contribution in [1.29, 1.82) is 0 Å². The first-order valence-corrected chi connectivity index (χ1v) is 7.73. The molecule has 1 aliphatic rings. The average Bonchev–Trinajstić information content (AvgIpc) is 2.69. The van der Waals surface area contributed by atoms with Crippen molar-refractivity contribution in [3.05, 3.63) is 29.3 Å². The summed E-state index contributed by atoms with van der Waals surface area (Å²) < 4.78 is 5.46. The Hall–Kier alpha value is -1.95. The minimum Gasteiger partial charge on any atom is -0.492 e. The summed E-state index contributed by atoms with van der Waals surface area (Å²) >= 11 is 5.85. The summed E-state index contributed by atoms with van der Waals surface area (Å²) in [6.07, 6.45) is 2.53. The molecule has 1 heterocycles. The predicted molar refractivity (Wildman–Crippen MR) is 84.1 cm³/mol. The van der Waals surface area contributed by atoms with E-state index in [1.165, 1.54) is 0 Å². The standard InChI is InChI=1S/C15H20ClN3O3/c16-11-4-3-5-12(10-11)22-9-8-18-15(21)19-13-6-1-2-7-17-14(13)20/h3-5,10,13H,1-2,6-9H2,(H,17,20)(H2,18,19,21)/t13-/m1/s1. The van der Waals surface area contributed by atoms with Crippen LogP contribution in [0.1, 0.15) is 19.3 Å². The van der Waals surface area contributed by atoms with Crippen LogP contribution in [0.4, 0.5) is 4.79 Å². The first-order valence-electron chi connectivity index (χ1n) is 7.35. The molecular formula is C15H20ClN3O3. The number of hydrogen-bond donors (Lipinski definition) is 3. The van der Waals surface area contributed by atoms with E-state index in [1.54, 1.807) is 24.3 Å². The zero-order valence-electron chi connectivity index (χ0n) is 12.2. The molecule has 22 heavy (non-hydrogen) atoms. The Morgan fingerprint density at radius 1 is 1.41 bits per heavy atom. The lowest BCUT2D eigenvalue weighted by atomic mass is 10.1. The molecule has 0 saturated carbocycles. The molecule has 0 aromatic heterocycles. The molecule has 0 aliphatic carbocycles. The first-order chi connectivity index (χ1) is 10.6. The molecule has 0 radical (unpaired) electrons. The van der Waals surface area contributed by atoms with Gasteiger partial charge in [0.2, 0.25) is 5.91 Å². The number of nitrogens with one attached hydrogen (secondary N) is 3. The van der Waals surface area contributed by atoms with Crippen molar-refractivity contribution >= 4 is 23.5 Å². The topological polar surface area (TPSA) is 79.5 Å². The van der Waals surface area contributed by atoms with Crippen LogP contribution >= 0.6 is 11.6 Å². The third-order valence-corrected chi connectivity index (χ3v) is 3.53. The number of ether oxygens (including phenoxy) is 1. The highest BCUT2D eigenvalue weighted by molar-refractivity contribution is 6.30. The molecule has 3 N–H and O–H groups in total. The Labute approximate surface area is 134 Å². The van der Waals surface area contributed by atoms with E-state index in [0.29, 0.717) is 36.9 Å². The van der Waals surface area contributed by atoms with Crippen molar-refractivity contribution in [2.24, 2.45) is 0 Å². The fourth-order valence-electron chi connectivity index (χ4n) is 2.18. The molecular weight excluding hydrogens is 306 g/mol. The van der Waals surface area contributed by atoms with E-state index >= 15 is 0 Å². The summed E-state index contributed by atoms with van der Waals surface area (Å²) in [7, 11) is 0. The number of hydrogen-bond acceptors (Lipinski definition) is 3. The highest BCUT2D eigenvalue weighted by atomic mass is 35.5. The normalized spacial score (nSPS) is 18.0. The third kappa shape index (κ3) is 5.44. The fourth-order valence-corrected chi connectivity index (χ4v) is 2.36. The van der Waals surface area contributed by atoms with E-state index in [0.717, 1.165) is 12.8 Å². The third-order valence-electron chi connectivity index (χ3n) is 3.29. The zero-order chi connectivity index (χ0) is 15.8. The number of benzene rings is 1. The Morgan fingerprint density at radius 3 is 3.09 bits per heavy atom. The Morgan fingerprint density at radius 2 is 2.27 bits per heavy atom. The van der Waals surface area contributed by atoms with Crippen molar-refractivity contribution < 1.29 is 14.3 Å². The average molecular weight is 326 g/mol. The molecule has 1 aromatic carbocycles. The second-order valence-electron chi connectivity index (χ2n) is 5.05. The number of amides is 3. The van der Waals surface area contributed by atoms with Gasteiger partial charge in [-0.2, -0.15) is 0 Å². The van der Waals surface area contributed by atoms with Crippen molar-refractivity contribution in [1.82, 2.24) is 16.0 Å². The summed E-state index contributed by atoms with van der Waals surface area (Å²) in [6, 6.07) is 6.23. The monoisotopic (exact) mass is 325 g/mol. The maximum Gasteiger partial charge on any atom is 0.315 e. The Balaban J connectivity index is 1.66. The predicted octanol–water partition coefficient (Wildman–Crippen LogP) is 1.69. The maximum absolute atomic E-state index is 11.8. The number of carbonyl (C=O) groups is 2. The Bertz CT molecular complexity index is 525. The summed E-state index contributed by atoms with van der Waals surface area (Å²) in [5.41, 5.74) is 0. The number of carbonyl (C=O) groups excluding carboxylic acids is 2. The van der Waals surface area contributed by atoms with E-state index in [-0.39, 0.29) is 11.9 Å². The molecule has 1 saturated heterocycles. The van der Waals surface area contributed by atoms with Crippen LogP contribution in [0.3, 0.4) is 0 Å². The molecule has 0 unspecified atom stereocenters. The van der Waals surface area contributed by atoms with E-state index < -0.39 is 6.04 Å². The van der Waals surface area contributed by atoms with Gasteiger partial charge in [-0.3, -0.25) is 4.79 Å². The molecule has 3 amide bonds. The van der Waals surface area contributed by atoms with Crippen LogP contribution in [-0.4, -0.2) is 37.7 Å². The molecule has 0 spiro atoms. The van der Waals surface area contributed by atoms with Gasteiger partial charge in [-0.1, -0.05) is 17.7 Å². The lowest BCUT2D eigenvalue weighted by Crippen LogP contribution is -2.49. The van der Waals surface area contributed by atoms with Crippen LogP contribution in [0.15, 0.2) is 24.3 Å². The molecule has 7 heteroatoms. The van der Waals surface area contributed by atoms with E-state index in [1.807, 2.05) is 0 Å². The van der Waals surface area contributed by atoms with E-state index in [2.05, 4.69) is 16.0 Å². The molecule has 0 bridgehead atoms. The SMILES string of the molecule is O=C(NCCOc1cccc(Cl)c1)N[C@@H]1CCCCNC1=O. The molecule has 6 nitrogen and oxygen atoms in total. The minimum absolute atomic E-state index is 0.122. The van der Waals surface area contributed by atoms with Crippen LogP contribution in [0.25, 0.3) is 0 Å². The van der Waals surface area contributed by atoms with Crippen LogP contribution < -0.4 is 20.7 Å². The first kappa shape index (κ1) is 16.4. The molecule has 1 aliphatic heterocycles. The van der Waals surface area contributed by atoms with Gasteiger partial charge in [0, 0.05) is 11.6 Å². The van der Waals surface area contributed by atoms with Crippen LogP contribution in [0.5, 0.6) is 5.75 Å². The van der Waals surface area contributed by atoms with Crippen LogP contribution in [0.2, 0.25) is 5.02 Å². The number of rotatable bonds is 5. The molecule has 1 atom stereocenters. The van der Waals surface area contributed by atoms with Crippen molar-refractivity contribution in [3.8, 4) is 5.75 Å². The van der Waals surface area contributed by atoms with Gasteiger partial charge in [-0.25, -0.2) is 4.79 Å². The largest absolute Gasteiger partial charge is 0.492 e. The number of urea groups is 1. The van der Waals surface area contributed by atoms with Gasteiger partial charge >= 0.3 is 6.03 Å². The maximum atomic E-state index is 11.8. The van der Waals surface area contributed by atoms with Gasteiger partial charge in [0.1, 0.15) is 18.4 Å². The summed E-state index contributed by atoms with van der Waals surface area (Å²) in [5.74, 6) is 0.528. The van der Waals surface area contributed by atoms with Gasteiger partial charge in [-0.15, -0.1) is 0 Å². The van der Waals surface area contributed by atoms with Gasteiger partial charge in [-0.05, 0) is 37.5 Å². The second-order valence-corrected chi connectivity index (χ2v) is 5.48. The van der Waals surface area contributed by atoms with Gasteiger partial charge in [0.25, 0.3) is 0 Å². The van der Waals surface area contributed by atoms with Gasteiger partial charge in [0.05, 0.1) is 6.54 Å². The van der Waals surface area contributed by atoms with Gasteiger partial charge in [0.15, 0.2) is 0 Å². The van der Waals surface area contributed by atoms with E-state index in [4.69, 9.17) is 16.3 Å². The van der Waals surface area contributed by atoms with Crippen molar-refractivity contribution in [2.45, 2.75) is 25.3 Å². The van der Waals surface area contributed by atoms with E-state index in [9.17, 15) is 9.59 Å². The molecule has 1 fully saturated rings. The minimum atomic E-state index is -0.462. The van der Waals surface area contributed by atoms with Crippen LogP contribution in [0, 0.1) is 0 Å². The number of halogens is 1. The highest BCUT2D eigenvalue weighted by Crippen LogP contribution is 2.16. The summed E-state index contributed by atoms with van der Waals surface area (Å²) in [6.45, 7) is 1.34. The zero-order valence-corrected chi connectivity index (χ0v) is 13.0.